The summed E-state index contributed by atoms with van der Waals surface area (Å²) in [6, 6.07) is 18.0. The molecule has 0 amide bonds. The second-order valence-corrected chi connectivity index (χ2v) is 10.8. The molecule has 0 N–H and O–H groups in total. The van der Waals surface area contributed by atoms with Crippen LogP contribution in [0.3, 0.4) is 0 Å². The van der Waals surface area contributed by atoms with Gasteiger partial charge in [-0.25, -0.2) is 9.79 Å². The number of thiazole rings is 1. The molecule has 0 saturated heterocycles. The van der Waals surface area contributed by atoms with E-state index in [1.165, 1.54) is 22.7 Å². The zero-order chi connectivity index (χ0) is 28.2. The molecule has 2 aromatic carbocycles. The van der Waals surface area contributed by atoms with Gasteiger partial charge < -0.3 is 14.2 Å². The molecule has 0 unspecified atom stereocenters. The third kappa shape index (κ3) is 5.21. The molecule has 2 aromatic heterocycles. The molecule has 0 radical (unpaired) electrons. The molecule has 0 aliphatic carbocycles. The molecule has 10 heteroatoms. The van der Waals surface area contributed by atoms with Crippen LogP contribution >= 0.6 is 22.7 Å². The maximum absolute atomic E-state index is 13.7. The molecular weight excluding hydrogens is 546 g/mol. The normalized spacial score (nSPS) is 14.8. The monoisotopic (exact) mass is 571 g/mol. The number of methoxy groups -OCH3 is 1. The number of carbonyl (C=O) groups is 1. The number of ether oxygens (including phenoxy) is 3. The summed E-state index contributed by atoms with van der Waals surface area (Å²) < 4.78 is 18.9. The van der Waals surface area contributed by atoms with Crippen molar-refractivity contribution in [2.24, 2.45) is 4.99 Å². The van der Waals surface area contributed by atoms with E-state index in [2.05, 4.69) is 11.1 Å². The Hall–Kier alpha value is -4.46. The Balaban J connectivity index is 1.52. The van der Waals surface area contributed by atoms with E-state index in [9.17, 15) is 14.9 Å². The standard InChI is InChI=1S/C30H25N3O5S2/c1-4-37-29(35)26-18(2)32-30-33(27(26)24-10-7-13-39-24)28(34)25(40-30)15-19-11-12-22(23(14-19)36-3)38-17-21-9-6-5-8-20(21)16-31/h5-15,27H,4,17H2,1-3H3/b25-15+/t27-/m0/s1. The summed E-state index contributed by atoms with van der Waals surface area (Å²) in [5, 5.41) is 11.2. The molecule has 4 aromatic rings. The van der Waals surface area contributed by atoms with Gasteiger partial charge in [0.2, 0.25) is 0 Å². The summed E-state index contributed by atoms with van der Waals surface area (Å²) in [7, 11) is 1.55. The molecule has 0 bridgehead atoms. The molecule has 3 heterocycles. The summed E-state index contributed by atoms with van der Waals surface area (Å²) in [6.07, 6.45) is 1.77. The van der Waals surface area contributed by atoms with Gasteiger partial charge in [0.1, 0.15) is 12.6 Å². The van der Waals surface area contributed by atoms with E-state index in [1.54, 1.807) is 49.8 Å². The van der Waals surface area contributed by atoms with Gasteiger partial charge in [-0.2, -0.15) is 5.26 Å². The Morgan fingerprint density at radius 1 is 1.18 bits per heavy atom. The molecule has 1 aliphatic rings. The zero-order valence-electron chi connectivity index (χ0n) is 22.0. The molecule has 1 aliphatic heterocycles. The average molecular weight is 572 g/mol. The predicted octanol–water partition coefficient (Wildman–Crippen LogP) is 4.32. The number of nitriles is 1. The van der Waals surface area contributed by atoms with Crippen molar-refractivity contribution in [3.05, 3.63) is 113 Å². The molecule has 1 atom stereocenters. The maximum atomic E-state index is 13.7. The fourth-order valence-electron chi connectivity index (χ4n) is 4.46. The first-order valence-corrected chi connectivity index (χ1v) is 14.2. The maximum Gasteiger partial charge on any atom is 0.338 e. The highest BCUT2D eigenvalue weighted by Crippen LogP contribution is 2.33. The van der Waals surface area contributed by atoms with Crippen LogP contribution in [-0.2, 0) is 16.1 Å². The summed E-state index contributed by atoms with van der Waals surface area (Å²) in [4.78, 5) is 32.6. The minimum atomic E-state index is -0.612. The molecule has 8 nitrogen and oxygen atoms in total. The summed E-state index contributed by atoms with van der Waals surface area (Å²) in [5.41, 5.74) is 2.71. The summed E-state index contributed by atoms with van der Waals surface area (Å²) in [6.45, 7) is 3.95. The highest BCUT2D eigenvalue weighted by Gasteiger charge is 2.33. The van der Waals surface area contributed by atoms with Gasteiger partial charge in [0.15, 0.2) is 16.3 Å². The quantitative estimate of drug-likeness (QED) is 0.292. The number of aromatic nitrogens is 1. The van der Waals surface area contributed by atoms with Crippen LogP contribution in [0.25, 0.3) is 6.08 Å². The Morgan fingerprint density at radius 2 is 2.00 bits per heavy atom. The van der Waals surface area contributed by atoms with Crippen LogP contribution in [0.2, 0.25) is 0 Å². The van der Waals surface area contributed by atoms with Gasteiger partial charge in [0.25, 0.3) is 5.56 Å². The first-order valence-electron chi connectivity index (χ1n) is 12.5. The summed E-state index contributed by atoms with van der Waals surface area (Å²) in [5.74, 6) is 0.531. The number of nitrogens with zero attached hydrogens (tertiary/aromatic N) is 3. The third-order valence-electron chi connectivity index (χ3n) is 6.34. The van der Waals surface area contributed by atoms with Crippen LogP contribution in [0.5, 0.6) is 11.5 Å². The lowest BCUT2D eigenvalue weighted by molar-refractivity contribution is -0.139. The minimum absolute atomic E-state index is 0.211. The highest BCUT2D eigenvalue weighted by molar-refractivity contribution is 7.10. The number of rotatable bonds is 8. The van der Waals surface area contributed by atoms with Crippen molar-refractivity contribution in [2.75, 3.05) is 13.7 Å². The highest BCUT2D eigenvalue weighted by atomic mass is 32.1. The van der Waals surface area contributed by atoms with E-state index in [0.29, 0.717) is 37.7 Å². The van der Waals surface area contributed by atoms with Gasteiger partial charge in [0.05, 0.1) is 41.2 Å². The van der Waals surface area contributed by atoms with Crippen LogP contribution < -0.4 is 24.4 Å². The Bertz CT molecular complexity index is 1830. The van der Waals surface area contributed by atoms with Crippen molar-refractivity contribution < 1.29 is 19.0 Å². The number of carbonyl (C=O) groups excluding carboxylic acids is 1. The van der Waals surface area contributed by atoms with E-state index in [1.807, 2.05) is 41.8 Å². The molecule has 202 valence electrons. The molecule has 5 rings (SSSR count). The first-order chi connectivity index (χ1) is 19.4. The van der Waals surface area contributed by atoms with Crippen LogP contribution in [0, 0.1) is 11.3 Å². The lowest BCUT2D eigenvalue weighted by Crippen LogP contribution is -2.39. The zero-order valence-corrected chi connectivity index (χ0v) is 23.7. The van der Waals surface area contributed by atoms with Gasteiger partial charge in [-0.15, -0.1) is 11.3 Å². The van der Waals surface area contributed by atoms with Crippen LogP contribution in [0.1, 0.15) is 41.5 Å². The Kier molecular flexibility index (Phi) is 7.96. The smallest absolute Gasteiger partial charge is 0.338 e. The SMILES string of the molecule is CCOC(=O)C1=C(C)N=c2s/c(=C/c3ccc(OCc4ccccc4C#N)c(OC)c3)c(=O)n2[C@H]1c1cccs1. The second-order valence-electron chi connectivity index (χ2n) is 8.79. The van der Waals surface area contributed by atoms with Gasteiger partial charge in [-0.05, 0) is 55.1 Å². The number of esters is 1. The van der Waals surface area contributed by atoms with Crippen molar-refractivity contribution in [3.8, 4) is 17.6 Å². The Morgan fingerprint density at radius 3 is 2.73 bits per heavy atom. The third-order valence-corrected chi connectivity index (χ3v) is 8.24. The topological polar surface area (TPSA) is 103 Å². The largest absolute Gasteiger partial charge is 0.493 e. The van der Waals surface area contributed by atoms with Gasteiger partial charge >= 0.3 is 5.97 Å². The van der Waals surface area contributed by atoms with Crippen molar-refractivity contribution in [1.29, 1.82) is 5.26 Å². The van der Waals surface area contributed by atoms with E-state index in [-0.39, 0.29) is 18.8 Å². The fourth-order valence-corrected chi connectivity index (χ4v) is 6.33. The van der Waals surface area contributed by atoms with E-state index >= 15 is 0 Å². The van der Waals surface area contributed by atoms with Crippen molar-refractivity contribution in [3.63, 3.8) is 0 Å². The van der Waals surface area contributed by atoms with E-state index in [4.69, 9.17) is 14.2 Å². The summed E-state index contributed by atoms with van der Waals surface area (Å²) >= 11 is 2.73. The van der Waals surface area contributed by atoms with Gasteiger partial charge in [0, 0.05) is 10.4 Å². The van der Waals surface area contributed by atoms with Crippen molar-refractivity contribution in [2.45, 2.75) is 26.5 Å². The Labute approximate surface area is 238 Å². The average Bonchev–Trinajstić information content (AvgIpc) is 3.60. The molecule has 40 heavy (non-hydrogen) atoms. The lowest BCUT2D eigenvalue weighted by atomic mass is 10.0. The van der Waals surface area contributed by atoms with Gasteiger partial charge in [-0.1, -0.05) is 41.7 Å². The number of benzene rings is 2. The number of fused-ring (bicyclic) bond motifs is 1. The lowest BCUT2D eigenvalue weighted by Gasteiger charge is -2.23. The van der Waals surface area contributed by atoms with Crippen LogP contribution in [-0.4, -0.2) is 24.3 Å². The fraction of sp³-hybridized carbons (Fsp3) is 0.200. The first kappa shape index (κ1) is 27.1. The van der Waals surface area contributed by atoms with E-state index < -0.39 is 12.0 Å². The van der Waals surface area contributed by atoms with Crippen molar-refractivity contribution in [1.82, 2.24) is 4.57 Å². The number of hydrogen-bond donors (Lipinski definition) is 0. The second kappa shape index (κ2) is 11.7. The minimum Gasteiger partial charge on any atom is -0.493 e. The number of hydrogen-bond acceptors (Lipinski definition) is 9. The molecule has 0 fully saturated rings. The van der Waals surface area contributed by atoms with Gasteiger partial charge in [-0.3, -0.25) is 9.36 Å². The van der Waals surface area contributed by atoms with Crippen molar-refractivity contribution >= 4 is 34.7 Å². The molecule has 0 spiro atoms. The number of thiophene rings is 1. The molecule has 0 saturated carbocycles. The van der Waals surface area contributed by atoms with Crippen LogP contribution in [0.15, 0.2) is 81.0 Å². The molecular formula is C30H25N3O5S2. The van der Waals surface area contributed by atoms with E-state index in [0.717, 1.165) is 16.0 Å². The predicted molar refractivity (Wildman–Crippen MR) is 153 cm³/mol. The number of allylic oxidation sites excluding steroid dienone is 1. The van der Waals surface area contributed by atoms with Crippen LogP contribution in [0.4, 0.5) is 0 Å².